The summed E-state index contributed by atoms with van der Waals surface area (Å²) in [6, 6.07) is 2.28. The van der Waals surface area contributed by atoms with Crippen LogP contribution in [-0.2, 0) is 0 Å². The SMILES string of the molecule is CC(C#N)N1CCN(c2ncncc2I)CC1. The normalized spacial score (nSPS) is 18.8. The van der Waals surface area contributed by atoms with Crippen molar-refractivity contribution in [2.24, 2.45) is 0 Å². The van der Waals surface area contributed by atoms with E-state index >= 15 is 0 Å². The first-order valence-corrected chi connectivity index (χ1v) is 6.64. The number of anilines is 1. The standard InChI is InChI=1S/C11H14IN5/c1-9(6-13)16-2-4-17(5-3-16)11-10(12)7-14-8-15-11/h7-9H,2-5H2,1H3. The lowest BCUT2D eigenvalue weighted by Crippen LogP contribution is -2.49. The highest BCUT2D eigenvalue weighted by Crippen LogP contribution is 2.19. The largest absolute Gasteiger partial charge is 0.353 e. The van der Waals surface area contributed by atoms with Crippen LogP contribution >= 0.6 is 22.6 Å². The van der Waals surface area contributed by atoms with Crippen LogP contribution in [0.1, 0.15) is 6.92 Å². The van der Waals surface area contributed by atoms with E-state index in [-0.39, 0.29) is 6.04 Å². The van der Waals surface area contributed by atoms with Crippen molar-refractivity contribution in [2.75, 3.05) is 31.1 Å². The zero-order valence-corrected chi connectivity index (χ0v) is 11.8. The zero-order chi connectivity index (χ0) is 12.3. The van der Waals surface area contributed by atoms with Crippen LogP contribution in [0.5, 0.6) is 0 Å². The third kappa shape index (κ3) is 2.84. The van der Waals surface area contributed by atoms with E-state index in [4.69, 9.17) is 5.26 Å². The van der Waals surface area contributed by atoms with Gasteiger partial charge in [-0.2, -0.15) is 5.26 Å². The molecule has 1 aliphatic rings. The Hall–Kier alpha value is -0.940. The Morgan fingerprint density at radius 1 is 1.41 bits per heavy atom. The molecule has 6 heteroatoms. The molecule has 2 heterocycles. The first-order chi connectivity index (χ1) is 8.22. The van der Waals surface area contributed by atoms with Crippen molar-refractivity contribution in [3.8, 4) is 6.07 Å². The lowest BCUT2D eigenvalue weighted by atomic mass is 10.2. The molecule has 2 rings (SSSR count). The van der Waals surface area contributed by atoms with Crippen molar-refractivity contribution in [3.63, 3.8) is 0 Å². The number of halogens is 1. The Morgan fingerprint density at radius 3 is 2.71 bits per heavy atom. The Kier molecular flexibility index (Phi) is 4.12. The van der Waals surface area contributed by atoms with Crippen LogP contribution in [0.4, 0.5) is 5.82 Å². The molecule has 0 N–H and O–H groups in total. The summed E-state index contributed by atoms with van der Waals surface area (Å²) in [7, 11) is 0. The van der Waals surface area contributed by atoms with Crippen molar-refractivity contribution in [2.45, 2.75) is 13.0 Å². The minimum Gasteiger partial charge on any atom is -0.353 e. The molecule has 1 aliphatic heterocycles. The number of hydrogen-bond acceptors (Lipinski definition) is 5. The highest BCUT2D eigenvalue weighted by Gasteiger charge is 2.22. The summed E-state index contributed by atoms with van der Waals surface area (Å²) in [6.45, 7) is 5.60. The molecule has 1 saturated heterocycles. The van der Waals surface area contributed by atoms with E-state index in [1.54, 1.807) is 6.33 Å². The van der Waals surface area contributed by atoms with Gasteiger partial charge < -0.3 is 4.90 Å². The first kappa shape index (κ1) is 12.5. The molecule has 1 atom stereocenters. The van der Waals surface area contributed by atoms with Crippen LogP contribution in [0.15, 0.2) is 12.5 Å². The van der Waals surface area contributed by atoms with Crippen LogP contribution in [0.3, 0.4) is 0 Å². The third-order valence-corrected chi connectivity index (χ3v) is 3.76. The fourth-order valence-electron chi connectivity index (χ4n) is 1.94. The van der Waals surface area contributed by atoms with Crippen LogP contribution in [-0.4, -0.2) is 47.1 Å². The van der Waals surface area contributed by atoms with Gasteiger partial charge in [-0.25, -0.2) is 9.97 Å². The van der Waals surface area contributed by atoms with E-state index in [1.807, 2.05) is 13.1 Å². The third-order valence-electron chi connectivity index (χ3n) is 3.00. The van der Waals surface area contributed by atoms with E-state index in [0.717, 1.165) is 35.6 Å². The topological polar surface area (TPSA) is 56.1 Å². The van der Waals surface area contributed by atoms with Gasteiger partial charge in [0.15, 0.2) is 0 Å². The van der Waals surface area contributed by atoms with Crippen molar-refractivity contribution >= 4 is 28.4 Å². The van der Waals surface area contributed by atoms with E-state index in [1.165, 1.54) is 0 Å². The molecule has 0 saturated carbocycles. The molecular weight excluding hydrogens is 329 g/mol. The quantitative estimate of drug-likeness (QED) is 0.754. The number of hydrogen-bond donors (Lipinski definition) is 0. The summed E-state index contributed by atoms with van der Waals surface area (Å²) in [5.41, 5.74) is 0. The van der Waals surface area contributed by atoms with Crippen molar-refractivity contribution in [1.82, 2.24) is 14.9 Å². The average Bonchev–Trinajstić information content (AvgIpc) is 2.39. The van der Waals surface area contributed by atoms with Gasteiger partial charge in [0, 0.05) is 32.4 Å². The predicted molar refractivity (Wildman–Crippen MR) is 73.6 cm³/mol. The Morgan fingerprint density at radius 2 is 2.12 bits per heavy atom. The lowest BCUT2D eigenvalue weighted by Gasteiger charge is -2.36. The fourth-order valence-corrected chi connectivity index (χ4v) is 2.58. The van der Waals surface area contributed by atoms with Gasteiger partial charge >= 0.3 is 0 Å². The molecule has 0 aliphatic carbocycles. The summed E-state index contributed by atoms with van der Waals surface area (Å²) >= 11 is 2.26. The van der Waals surface area contributed by atoms with Crippen LogP contribution in [0, 0.1) is 14.9 Å². The van der Waals surface area contributed by atoms with E-state index in [9.17, 15) is 0 Å². The molecule has 0 amide bonds. The minimum atomic E-state index is 0.00150. The highest BCUT2D eigenvalue weighted by molar-refractivity contribution is 14.1. The molecule has 1 unspecified atom stereocenters. The smallest absolute Gasteiger partial charge is 0.145 e. The molecule has 17 heavy (non-hydrogen) atoms. The van der Waals surface area contributed by atoms with E-state index in [0.29, 0.717) is 0 Å². The molecule has 1 aromatic heterocycles. The molecular formula is C11H14IN5. The second-order valence-corrected chi connectivity index (χ2v) is 5.18. The maximum atomic E-state index is 8.89. The Labute approximate surface area is 115 Å². The second kappa shape index (κ2) is 5.60. The maximum absolute atomic E-state index is 8.89. The summed E-state index contributed by atoms with van der Waals surface area (Å²) in [6.07, 6.45) is 3.41. The van der Waals surface area contributed by atoms with Gasteiger partial charge in [0.05, 0.1) is 15.7 Å². The van der Waals surface area contributed by atoms with Crippen molar-refractivity contribution < 1.29 is 0 Å². The van der Waals surface area contributed by atoms with Crippen molar-refractivity contribution in [3.05, 3.63) is 16.1 Å². The van der Waals surface area contributed by atoms with Gasteiger partial charge in [-0.1, -0.05) is 0 Å². The number of nitriles is 1. The number of rotatable bonds is 2. The molecule has 0 aromatic carbocycles. The maximum Gasteiger partial charge on any atom is 0.145 e. The van der Waals surface area contributed by atoms with Gasteiger partial charge in [-0.05, 0) is 29.5 Å². The number of nitrogens with zero attached hydrogens (tertiary/aromatic N) is 5. The van der Waals surface area contributed by atoms with Gasteiger partial charge in [-0.3, -0.25) is 4.90 Å². The highest BCUT2D eigenvalue weighted by atomic mass is 127. The molecule has 5 nitrogen and oxygen atoms in total. The summed E-state index contributed by atoms with van der Waals surface area (Å²) < 4.78 is 1.08. The van der Waals surface area contributed by atoms with Crippen LogP contribution in [0.25, 0.3) is 0 Å². The van der Waals surface area contributed by atoms with E-state index < -0.39 is 0 Å². The fraction of sp³-hybridized carbons (Fsp3) is 0.545. The monoisotopic (exact) mass is 343 g/mol. The summed E-state index contributed by atoms with van der Waals surface area (Å²) in [5, 5.41) is 8.89. The molecule has 0 radical (unpaired) electrons. The minimum absolute atomic E-state index is 0.00150. The zero-order valence-electron chi connectivity index (χ0n) is 9.67. The number of aromatic nitrogens is 2. The number of piperazine rings is 1. The van der Waals surface area contributed by atoms with Gasteiger partial charge in [-0.15, -0.1) is 0 Å². The van der Waals surface area contributed by atoms with Crippen molar-refractivity contribution in [1.29, 1.82) is 5.26 Å². The molecule has 90 valence electrons. The van der Waals surface area contributed by atoms with Gasteiger partial charge in [0.1, 0.15) is 12.1 Å². The molecule has 1 fully saturated rings. The van der Waals surface area contributed by atoms with Gasteiger partial charge in [0.25, 0.3) is 0 Å². The predicted octanol–water partition coefficient (Wildman–Crippen LogP) is 1.12. The first-order valence-electron chi connectivity index (χ1n) is 5.56. The van der Waals surface area contributed by atoms with Gasteiger partial charge in [0.2, 0.25) is 0 Å². The van der Waals surface area contributed by atoms with Crippen LogP contribution in [0.2, 0.25) is 0 Å². The average molecular weight is 343 g/mol. The molecule has 1 aromatic rings. The summed E-state index contributed by atoms with van der Waals surface area (Å²) in [4.78, 5) is 12.8. The Bertz CT molecular complexity index is 422. The molecule has 0 bridgehead atoms. The van der Waals surface area contributed by atoms with Crippen LogP contribution < -0.4 is 4.90 Å². The summed E-state index contributed by atoms with van der Waals surface area (Å²) in [5.74, 6) is 1.00. The van der Waals surface area contributed by atoms with E-state index in [2.05, 4.69) is 48.4 Å². The second-order valence-electron chi connectivity index (χ2n) is 4.02. The molecule has 0 spiro atoms. The Balaban J connectivity index is 2.01. The lowest BCUT2D eigenvalue weighted by molar-refractivity contribution is 0.231.